The van der Waals surface area contributed by atoms with Crippen molar-refractivity contribution in [1.29, 1.82) is 0 Å². The molecule has 22 heavy (non-hydrogen) atoms. The summed E-state index contributed by atoms with van der Waals surface area (Å²) in [5.74, 6) is 0.345. The number of para-hydroxylation sites is 1. The van der Waals surface area contributed by atoms with Gasteiger partial charge in [-0.1, -0.05) is 29.4 Å². The van der Waals surface area contributed by atoms with E-state index in [9.17, 15) is 9.90 Å². The highest BCUT2D eigenvalue weighted by Gasteiger charge is 2.22. The van der Waals surface area contributed by atoms with Gasteiger partial charge in [0.05, 0.1) is 11.4 Å². The Balaban J connectivity index is 2.20. The smallest absolute Gasteiger partial charge is 0.416 e. The first-order chi connectivity index (χ1) is 10.7. The SMILES string of the molecule is Cc1ccc(-c2ncon2)c(N(C(=O)O)c2ccccc2)c1. The Morgan fingerprint density at radius 1 is 1.18 bits per heavy atom. The number of rotatable bonds is 3. The van der Waals surface area contributed by atoms with Gasteiger partial charge in [-0.2, -0.15) is 4.98 Å². The molecule has 0 atom stereocenters. The molecule has 0 saturated heterocycles. The van der Waals surface area contributed by atoms with Crippen LogP contribution >= 0.6 is 0 Å². The Kier molecular flexibility index (Phi) is 3.57. The number of hydrogen-bond donors (Lipinski definition) is 1. The number of carboxylic acid groups (broad SMARTS) is 1. The zero-order valence-electron chi connectivity index (χ0n) is 11.8. The van der Waals surface area contributed by atoms with Crippen molar-refractivity contribution in [1.82, 2.24) is 10.1 Å². The summed E-state index contributed by atoms with van der Waals surface area (Å²) in [6, 6.07) is 14.3. The van der Waals surface area contributed by atoms with Crippen molar-refractivity contribution in [2.24, 2.45) is 0 Å². The van der Waals surface area contributed by atoms with Crippen molar-refractivity contribution < 1.29 is 14.4 Å². The number of nitrogens with zero attached hydrogens (tertiary/aromatic N) is 3. The number of hydrogen-bond acceptors (Lipinski definition) is 4. The van der Waals surface area contributed by atoms with E-state index in [2.05, 4.69) is 10.1 Å². The molecule has 0 fully saturated rings. The average molecular weight is 295 g/mol. The van der Waals surface area contributed by atoms with E-state index in [0.717, 1.165) is 5.56 Å². The molecule has 6 nitrogen and oxygen atoms in total. The van der Waals surface area contributed by atoms with Crippen LogP contribution in [0.25, 0.3) is 11.4 Å². The molecule has 6 heteroatoms. The molecular formula is C16H13N3O3. The predicted octanol–water partition coefficient (Wildman–Crippen LogP) is 3.86. The van der Waals surface area contributed by atoms with Crippen LogP contribution in [0.2, 0.25) is 0 Å². The van der Waals surface area contributed by atoms with Gasteiger partial charge in [0.1, 0.15) is 0 Å². The molecule has 1 heterocycles. The van der Waals surface area contributed by atoms with Crippen LogP contribution in [0.3, 0.4) is 0 Å². The zero-order valence-corrected chi connectivity index (χ0v) is 11.8. The number of benzene rings is 2. The molecule has 0 spiro atoms. The van der Waals surface area contributed by atoms with Gasteiger partial charge in [-0.25, -0.2) is 9.69 Å². The zero-order chi connectivity index (χ0) is 15.5. The van der Waals surface area contributed by atoms with E-state index in [1.54, 1.807) is 36.4 Å². The molecule has 1 aromatic heterocycles. The molecule has 2 aromatic carbocycles. The lowest BCUT2D eigenvalue weighted by atomic mass is 10.1. The highest BCUT2D eigenvalue weighted by molar-refractivity contribution is 5.99. The van der Waals surface area contributed by atoms with Crippen LogP contribution in [-0.4, -0.2) is 21.3 Å². The first-order valence-corrected chi connectivity index (χ1v) is 6.62. The largest absolute Gasteiger partial charge is 0.464 e. The third kappa shape index (κ3) is 2.54. The molecule has 0 unspecified atom stereocenters. The van der Waals surface area contributed by atoms with Crippen molar-refractivity contribution in [3.8, 4) is 11.4 Å². The van der Waals surface area contributed by atoms with Crippen LogP contribution in [0.5, 0.6) is 0 Å². The lowest BCUT2D eigenvalue weighted by Gasteiger charge is -2.22. The van der Waals surface area contributed by atoms with Crippen LogP contribution < -0.4 is 4.90 Å². The Labute approximate surface area is 126 Å². The highest BCUT2D eigenvalue weighted by Crippen LogP contribution is 2.34. The summed E-state index contributed by atoms with van der Waals surface area (Å²) in [4.78, 5) is 17.0. The Bertz CT molecular complexity index is 786. The van der Waals surface area contributed by atoms with Crippen LogP contribution in [0, 0.1) is 6.92 Å². The molecule has 0 aliphatic rings. The first-order valence-electron chi connectivity index (χ1n) is 6.62. The second-order valence-corrected chi connectivity index (χ2v) is 4.73. The van der Waals surface area contributed by atoms with Gasteiger partial charge in [-0.15, -0.1) is 0 Å². The van der Waals surface area contributed by atoms with Gasteiger partial charge in [0.15, 0.2) is 0 Å². The van der Waals surface area contributed by atoms with Gasteiger partial charge in [-0.3, -0.25) is 0 Å². The van der Waals surface area contributed by atoms with Gasteiger partial charge >= 0.3 is 6.09 Å². The summed E-state index contributed by atoms with van der Waals surface area (Å²) in [5, 5.41) is 13.5. The van der Waals surface area contributed by atoms with E-state index in [0.29, 0.717) is 22.8 Å². The maximum absolute atomic E-state index is 11.8. The number of anilines is 2. The molecule has 110 valence electrons. The van der Waals surface area contributed by atoms with Crippen molar-refractivity contribution in [2.45, 2.75) is 6.92 Å². The van der Waals surface area contributed by atoms with Gasteiger partial charge < -0.3 is 9.63 Å². The van der Waals surface area contributed by atoms with Gasteiger partial charge in [-0.05, 0) is 36.8 Å². The van der Waals surface area contributed by atoms with E-state index < -0.39 is 6.09 Å². The summed E-state index contributed by atoms with van der Waals surface area (Å²) in [6.45, 7) is 1.90. The molecule has 3 aromatic rings. The van der Waals surface area contributed by atoms with Gasteiger partial charge in [0.25, 0.3) is 0 Å². The highest BCUT2D eigenvalue weighted by atomic mass is 16.5. The minimum absolute atomic E-state index is 0.345. The fourth-order valence-electron chi connectivity index (χ4n) is 2.23. The minimum atomic E-state index is -1.08. The maximum Gasteiger partial charge on any atom is 0.416 e. The third-order valence-corrected chi connectivity index (χ3v) is 3.20. The summed E-state index contributed by atoms with van der Waals surface area (Å²) in [6.07, 6.45) is 0.133. The Morgan fingerprint density at radius 3 is 2.59 bits per heavy atom. The monoisotopic (exact) mass is 295 g/mol. The summed E-state index contributed by atoms with van der Waals surface area (Å²) >= 11 is 0. The predicted molar refractivity (Wildman–Crippen MR) is 81.1 cm³/mol. The fourth-order valence-corrected chi connectivity index (χ4v) is 2.23. The van der Waals surface area contributed by atoms with Crippen LogP contribution in [0.1, 0.15) is 5.56 Å². The number of amides is 1. The van der Waals surface area contributed by atoms with Crippen molar-refractivity contribution >= 4 is 17.5 Å². The van der Waals surface area contributed by atoms with E-state index in [4.69, 9.17) is 4.52 Å². The molecular weight excluding hydrogens is 282 g/mol. The van der Waals surface area contributed by atoms with Gasteiger partial charge in [0, 0.05) is 5.56 Å². The van der Waals surface area contributed by atoms with E-state index in [1.165, 1.54) is 11.3 Å². The standard InChI is InChI=1S/C16H13N3O3/c1-11-7-8-13(15-17-10-22-18-15)14(9-11)19(16(20)21)12-5-3-2-4-6-12/h2-10H,1H3,(H,20,21). The fraction of sp³-hybridized carbons (Fsp3) is 0.0625. The molecule has 3 rings (SSSR count). The number of carbonyl (C=O) groups is 1. The average Bonchev–Trinajstić information content (AvgIpc) is 3.02. The lowest BCUT2D eigenvalue weighted by Crippen LogP contribution is -2.24. The lowest BCUT2D eigenvalue weighted by molar-refractivity contribution is 0.205. The van der Waals surface area contributed by atoms with E-state index in [1.807, 2.05) is 19.1 Å². The molecule has 1 N–H and O–H groups in total. The van der Waals surface area contributed by atoms with E-state index >= 15 is 0 Å². The quantitative estimate of drug-likeness (QED) is 0.793. The second kappa shape index (κ2) is 5.69. The van der Waals surface area contributed by atoms with E-state index in [-0.39, 0.29) is 0 Å². The Hall–Kier alpha value is -3.15. The molecule has 0 saturated carbocycles. The Morgan fingerprint density at radius 2 is 1.95 bits per heavy atom. The third-order valence-electron chi connectivity index (χ3n) is 3.20. The molecule has 0 radical (unpaired) electrons. The maximum atomic E-state index is 11.8. The van der Waals surface area contributed by atoms with Crippen molar-refractivity contribution in [3.63, 3.8) is 0 Å². The molecule has 0 bridgehead atoms. The van der Waals surface area contributed by atoms with Gasteiger partial charge in [0.2, 0.25) is 12.2 Å². The van der Waals surface area contributed by atoms with Crippen LogP contribution in [-0.2, 0) is 0 Å². The van der Waals surface area contributed by atoms with Crippen molar-refractivity contribution in [3.05, 3.63) is 60.5 Å². The van der Waals surface area contributed by atoms with Crippen LogP contribution in [0.15, 0.2) is 59.4 Å². The number of aryl methyl sites for hydroxylation is 1. The molecule has 0 aliphatic heterocycles. The minimum Gasteiger partial charge on any atom is -0.464 e. The van der Waals surface area contributed by atoms with Crippen molar-refractivity contribution in [2.75, 3.05) is 4.90 Å². The summed E-state index contributed by atoms with van der Waals surface area (Å²) < 4.78 is 4.77. The number of aromatic nitrogens is 2. The normalized spacial score (nSPS) is 10.4. The topological polar surface area (TPSA) is 79.5 Å². The molecule has 0 aliphatic carbocycles. The summed E-state index contributed by atoms with van der Waals surface area (Å²) in [5.41, 5.74) is 2.56. The molecule has 1 amide bonds. The second-order valence-electron chi connectivity index (χ2n) is 4.73. The summed E-state index contributed by atoms with van der Waals surface area (Å²) in [7, 11) is 0. The first kappa shape index (κ1) is 13.8. The van der Waals surface area contributed by atoms with Crippen LogP contribution in [0.4, 0.5) is 16.2 Å².